The van der Waals surface area contributed by atoms with Gasteiger partial charge in [0.1, 0.15) is 0 Å². The molecule has 0 aliphatic carbocycles. The van der Waals surface area contributed by atoms with Gasteiger partial charge in [0.2, 0.25) is 5.91 Å². The van der Waals surface area contributed by atoms with Crippen molar-refractivity contribution in [1.29, 1.82) is 0 Å². The van der Waals surface area contributed by atoms with Gasteiger partial charge in [-0.05, 0) is 13.3 Å². The molecule has 0 bridgehead atoms. The number of rotatable bonds is 2. The number of hydrogen-bond acceptors (Lipinski definition) is 2. The molecule has 0 saturated heterocycles. The molecular weight excluding hydrogens is 176 g/mol. The third-order valence-electron chi connectivity index (χ3n) is 2.68. The van der Waals surface area contributed by atoms with E-state index in [1.54, 1.807) is 5.01 Å². The van der Waals surface area contributed by atoms with Crippen LogP contribution in [0.4, 0.5) is 0 Å². The quantitative estimate of drug-likeness (QED) is 0.667. The lowest BCUT2D eigenvalue weighted by molar-refractivity contribution is -0.130. The second kappa shape index (κ2) is 3.71. The van der Waals surface area contributed by atoms with Crippen molar-refractivity contribution in [3.63, 3.8) is 0 Å². The van der Waals surface area contributed by atoms with Crippen molar-refractivity contribution in [1.82, 2.24) is 5.01 Å². The van der Waals surface area contributed by atoms with Crippen molar-refractivity contribution in [2.24, 2.45) is 10.5 Å². The Morgan fingerprint density at radius 3 is 2.43 bits per heavy atom. The highest BCUT2D eigenvalue weighted by atomic mass is 16.2. The summed E-state index contributed by atoms with van der Waals surface area (Å²) in [5.74, 6) is 0.143. The van der Waals surface area contributed by atoms with E-state index in [1.807, 2.05) is 6.92 Å². The first-order valence-corrected chi connectivity index (χ1v) is 5.26. The summed E-state index contributed by atoms with van der Waals surface area (Å²) in [7, 11) is 0. The lowest BCUT2D eigenvalue weighted by Gasteiger charge is -2.19. The van der Waals surface area contributed by atoms with Gasteiger partial charge in [0.15, 0.2) is 0 Å². The summed E-state index contributed by atoms with van der Waals surface area (Å²) in [5.41, 5.74) is 1.01. The average molecular weight is 196 g/mol. The standard InChI is InChI=1S/C11H20N2O/c1-6-8(2)13-10(14)7-9(12-13)11(3,4)5/h8H,6-7H2,1-5H3. The highest BCUT2D eigenvalue weighted by Gasteiger charge is 2.32. The van der Waals surface area contributed by atoms with Crippen LogP contribution in [-0.2, 0) is 4.79 Å². The maximum Gasteiger partial charge on any atom is 0.248 e. The Labute approximate surface area is 86.2 Å². The van der Waals surface area contributed by atoms with Crippen LogP contribution in [0.1, 0.15) is 47.5 Å². The Bertz CT molecular complexity index is 263. The number of amides is 1. The molecule has 0 spiro atoms. The maximum atomic E-state index is 11.6. The number of carbonyl (C=O) groups excluding carboxylic acids is 1. The highest BCUT2D eigenvalue weighted by molar-refractivity contribution is 6.07. The number of hydrazone groups is 1. The average Bonchev–Trinajstić information content (AvgIpc) is 2.45. The Morgan fingerprint density at radius 1 is 1.50 bits per heavy atom. The molecular formula is C11H20N2O. The van der Waals surface area contributed by atoms with Crippen molar-refractivity contribution in [2.45, 2.75) is 53.5 Å². The second-order valence-electron chi connectivity index (χ2n) is 4.97. The van der Waals surface area contributed by atoms with E-state index in [0.717, 1.165) is 12.1 Å². The van der Waals surface area contributed by atoms with Gasteiger partial charge < -0.3 is 0 Å². The highest BCUT2D eigenvalue weighted by Crippen LogP contribution is 2.25. The molecule has 1 rings (SSSR count). The van der Waals surface area contributed by atoms with E-state index in [4.69, 9.17) is 0 Å². The third-order valence-corrected chi connectivity index (χ3v) is 2.68. The van der Waals surface area contributed by atoms with Crippen LogP contribution >= 0.6 is 0 Å². The fourth-order valence-corrected chi connectivity index (χ4v) is 1.38. The molecule has 1 aliphatic rings. The molecule has 80 valence electrons. The van der Waals surface area contributed by atoms with Gasteiger partial charge in [0.25, 0.3) is 0 Å². The van der Waals surface area contributed by atoms with Crippen molar-refractivity contribution >= 4 is 11.6 Å². The van der Waals surface area contributed by atoms with Crippen LogP contribution in [0, 0.1) is 5.41 Å². The lowest BCUT2D eigenvalue weighted by Crippen LogP contribution is -2.29. The molecule has 1 aliphatic heterocycles. The van der Waals surface area contributed by atoms with E-state index >= 15 is 0 Å². The van der Waals surface area contributed by atoms with Crippen molar-refractivity contribution in [3.05, 3.63) is 0 Å². The predicted octanol–water partition coefficient (Wildman–Crippen LogP) is 2.42. The zero-order valence-electron chi connectivity index (χ0n) is 9.79. The number of hydrogen-bond donors (Lipinski definition) is 0. The molecule has 3 nitrogen and oxygen atoms in total. The van der Waals surface area contributed by atoms with Crippen LogP contribution in [0.5, 0.6) is 0 Å². The third kappa shape index (κ3) is 2.14. The summed E-state index contributed by atoms with van der Waals surface area (Å²) < 4.78 is 0. The molecule has 0 fully saturated rings. The van der Waals surface area contributed by atoms with Crippen molar-refractivity contribution < 1.29 is 4.79 Å². The molecule has 0 radical (unpaired) electrons. The molecule has 0 N–H and O–H groups in total. The monoisotopic (exact) mass is 196 g/mol. The van der Waals surface area contributed by atoms with Crippen LogP contribution in [0.3, 0.4) is 0 Å². The van der Waals surface area contributed by atoms with Crippen LogP contribution in [0.15, 0.2) is 5.10 Å². The lowest BCUT2D eigenvalue weighted by atomic mass is 9.88. The Morgan fingerprint density at radius 2 is 2.07 bits per heavy atom. The first-order valence-electron chi connectivity index (χ1n) is 5.26. The first kappa shape index (κ1) is 11.2. The van der Waals surface area contributed by atoms with E-state index in [0.29, 0.717) is 6.42 Å². The fourth-order valence-electron chi connectivity index (χ4n) is 1.38. The van der Waals surface area contributed by atoms with Crippen LogP contribution < -0.4 is 0 Å². The minimum atomic E-state index is 0.0118. The summed E-state index contributed by atoms with van der Waals surface area (Å²) >= 11 is 0. The molecule has 1 atom stereocenters. The molecule has 0 aromatic carbocycles. The summed E-state index contributed by atoms with van der Waals surface area (Å²) in [6.07, 6.45) is 1.44. The van der Waals surface area contributed by atoms with Gasteiger partial charge in [-0.2, -0.15) is 5.10 Å². The van der Waals surface area contributed by atoms with Gasteiger partial charge in [0, 0.05) is 5.41 Å². The van der Waals surface area contributed by atoms with Gasteiger partial charge in [-0.25, -0.2) is 5.01 Å². The maximum absolute atomic E-state index is 11.6. The fraction of sp³-hybridized carbons (Fsp3) is 0.818. The van der Waals surface area contributed by atoms with E-state index in [-0.39, 0.29) is 17.4 Å². The minimum absolute atomic E-state index is 0.0118. The van der Waals surface area contributed by atoms with Crippen LogP contribution in [0.25, 0.3) is 0 Å². The Hall–Kier alpha value is -0.860. The summed E-state index contributed by atoms with van der Waals surface area (Å²) in [6, 6.07) is 0.224. The molecule has 0 aromatic heterocycles. The summed E-state index contributed by atoms with van der Waals surface area (Å²) in [6.45, 7) is 10.4. The zero-order valence-corrected chi connectivity index (χ0v) is 9.79. The Balaban J connectivity index is 2.82. The SMILES string of the molecule is CCC(C)N1N=C(C(C)(C)C)CC1=O. The molecule has 1 unspecified atom stereocenters. The van der Waals surface area contributed by atoms with E-state index < -0.39 is 0 Å². The second-order valence-corrected chi connectivity index (χ2v) is 4.97. The van der Waals surface area contributed by atoms with E-state index in [9.17, 15) is 4.79 Å². The number of carbonyl (C=O) groups is 1. The van der Waals surface area contributed by atoms with E-state index in [2.05, 4.69) is 32.8 Å². The molecule has 3 heteroatoms. The molecule has 14 heavy (non-hydrogen) atoms. The topological polar surface area (TPSA) is 32.7 Å². The van der Waals surface area contributed by atoms with Gasteiger partial charge in [-0.1, -0.05) is 27.7 Å². The van der Waals surface area contributed by atoms with Gasteiger partial charge >= 0.3 is 0 Å². The summed E-state index contributed by atoms with van der Waals surface area (Å²) in [4.78, 5) is 11.6. The van der Waals surface area contributed by atoms with Gasteiger partial charge in [0.05, 0.1) is 18.2 Å². The molecule has 1 heterocycles. The van der Waals surface area contributed by atoms with Gasteiger partial charge in [-0.3, -0.25) is 4.79 Å². The van der Waals surface area contributed by atoms with Gasteiger partial charge in [-0.15, -0.1) is 0 Å². The largest absolute Gasteiger partial charge is 0.273 e. The zero-order chi connectivity index (χ0) is 10.9. The van der Waals surface area contributed by atoms with Crippen LogP contribution in [-0.4, -0.2) is 22.7 Å². The Kier molecular flexibility index (Phi) is 2.98. The number of nitrogens with zero attached hydrogens (tertiary/aromatic N) is 2. The first-order chi connectivity index (χ1) is 6.36. The summed E-state index contributed by atoms with van der Waals surface area (Å²) in [5, 5.41) is 6.05. The molecule has 0 saturated carbocycles. The minimum Gasteiger partial charge on any atom is -0.273 e. The predicted molar refractivity (Wildman–Crippen MR) is 58.1 cm³/mol. The smallest absolute Gasteiger partial charge is 0.248 e. The molecule has 1 amide bonds. The van der Waals surface area contributed by atoms with Crippen molar-refractivity contribution in [3.8, 4) is 0 Å². The van der Waals surface area contributed by atoms with E-state index in [1.165, 1.54) is 0 Å². The normalized spacial score (nSPS) is 19.9. The van der Waals surface area contributed by atoms with Crippen molar-refractivity contribution in [2.75, 3.05) is 0 Å². The molecule has 0 aromatic rings. The van der Waals surface area contributed by atoms with Crippen LogP contribution in [0.2, 0.25) is 0 Å².